The number of ether oxygens (including phenoxy) is 3. The van der Waals surface area contributed by atoms with Crippen molar-refractivity contribution >= 4 is 11.6 Å². The summed E-state index contributed by atoms with van der Waals surface area (Å²) in [5.74, 6) is 1.40. The molecule has 0 saturated carbocycles. The maximum atomic E-state index is 11.8. The Bertz CT molecular complexity index is 762. The molecule has 0 saturated heterocycles. The van der Waals surface area contributed by atoms with Gasteiger partial charge in [-0.25, -0.2) is 0 Å². The number of hydrogen-bond acceptors (Lipinski definition) is 6. The fourth-order valence-electron chi connectivity index (χ4n) is 2.26. The average Bonchev–Trinajstić information content (AvgIpc) is 2.65. The lowest BCUT2D eigenvalue weighted by atomic mass is 10.2. The van der Waals surface area contributed by atoms with E-state index in [9.17, 15) is 14.9 Å². The van der Waals surface area contributed by atoms with Crippen molar-refractivity contribution in [1.29, 1.82) is 0 Å². The summed E-state index contributed by atoms with van der Waals surface area (Å²) in [6.45, 7) is 0.444. The first-order chi connectivity index (χ1) is 12.1. The van der Waals surface area contributed by atoms with Crippen LogP contribution in [0.1, 0.15) is 0 Å². The third kappa shape index (κ3) is 4.37. The van der Waals surface area contributed by atoms with Crippen molar-refractivity contribution in [3.8, 4) is 17.2 Å². The number of carbonyl (C=O) groups is 1. The molecule has 1 atom stereocenters. The van der Waals surface area contributed by atoms with Gasteiger partial charge in [-0.15, -0.1) is 0 Å². The van der Waals surface area contributed by atoms with Crippen molar-refractivity contribution in [2.75, 3.05) is 19.8 Å². The first-order valence-electron chi connectivity index (χ1n) is 7.64. The lowest BCUT2D eigenvalue weighted by Gasteiger charge is -2.26. The van der Waals surface area contributed by atoms with E-state index in [-0.39, 0.29) is 30.9 Å². The van der Waals surface area contributed by atoms with Gasteiger partial charge >= 0.3 is 0 Å². The molecule has 1 amide bonds. The van der Waals surface area contributed by atoms with Gasteiger partial charge in [0, 0.05) is 12.1 Å². The number of nitrogens with one attached hydrogen (secondary N) is 1. The molecule has 1 heterocycles. The van der Waals surface area contributed by atoms with Crippen LogP contribution < -0.4 is 19.5 Å². The summed E-state index contributed by atoms with van der Waals surface area (Å²) >= 11 is 0. The zero-order chi connectivity index (χ0) is 17.6. The van der Waals surface area contributed by atoms with Crippen LogP contribution in [0, 0.1) is 10.1 Å². The molecular formula is C17H16N2O6. The SMILES string of the molecule is O=C(COc1ccc([N+](=O)[O-])cc1)NC[C@@H]1COc2ccccc2O1. The second-order valence-electron chi connectivity index (χ2n) is 5.34. The molecule has 0 spiro atoms. The van der Waals surface area contributed by atoms with Crippen LogP contribution in [0.5, 0.6) is 17.2 Å². The Balaban J connectivity index is 1.42. The van der Waals surface area contributed by atoms with Gasteiger partial charge in [0.1, 0.15) is 18.5 Å². The van der Waals surface area contributed by atoms with E-state index in [0.717, 1.165) is 0 Å². The quantitative estimate of drug-likeness (QED) is 0.635. The molecule has 2 aromatic rings. The second kappa shape index (κ2) is 7.52. The number of amides is 1. The fourth-order valence-corrected chi connectivity index (χ4v) is 2.26. The molecule has 25 heavy (non-hydrogen) atoms. The molecule has 0 bridgehead atoms. The molecule has 1 aliphatic heterocycles. The molecule has 0 unspecified atom stereocenters. The van der Waals surface area contributed by atoms with Crippen LogP contribution in [-0.4, -0.2) is 36.7 Å². The minimum atomic E-state index is -0.499. The van der Waals surface area contributed by atoms with Crippen molar-refractivity contribution in [2.45, 2.75) is 6.10 Å². The summed E-state index contributed by atoms with van der Waals surface area (Å²) in [5, 5.41) is 13.3. The summed E-state index contributed by atoms with van der Waals surface area (Å²) in [4.78, 5) is 21.9. The molecule has 8 heteroatoms. The Hall–Kier alpha value is -3.29. The molecule has 8 nitrogen and oxygen atoms in total. The zero-order valence-corrected chi connectivity index (χ0v) is 13.2. The van der Waals surface area contributed by atoms with Crippen LogP contribution in [-0.2, 0) is 4.79 Å². The van der Waals surface area contributed by atoms with E-state index in [2.05, 4.69) is 5.32 Å². The minimum absolute atomic E-state index is 0.0356. The van der Waals surface area contributed by atoms with Crippen molar-refractivity contribution in [2.24, 2.45) is 0 Å². The van der Waals surface area contributed by atoms with Crippen LogP contribution >= 0.6 is 0 Å². The van der Waals surface area contributed by atoms with E-state index < -0.39 is 4.92 Å². The molecule has 1 N–H and O–H groups in total. The van der Waals surface area contributed by atoms with Crippen molar-refractivity contribution in [3.63, 3.8) is 0 Å². The van der Waals surface area contributed by atoms with E-state index in [1.807, 2.05) is 18.2 Å². The number of benzene rings is 2. The third-order valence-corrected chi connectivity index (χ3v) is 3.51. The van der Waals surface area contributed by atoms with Gasteiger partial charge in [-0.2, -0.15) is 0 Å². The highest BCUT2D eigenvalue weighted by molar-refractivity contribution is 5.77. The second-order valence-corrected chi connectivity index (χ2v) is 5.34. The molecule has 3 rings (SSSR count). The van der Waals surface area contributed by atoms with Gasteiger partial charge < -0.3 is 19.5 Å². The number of rotatable bonds is 6. The van der Waals surface area contributed by atoms with Gasteiger partial charge in [0.2, 0.25) is 0 Å². The Morgan fingerprint density at radius 1 is 1.20 bits per heavy atom. The predicted octanol–water partition coefficient (Wildman–Crippen LogP) is 1.93. The highest BCUT2D eigenvalue weighted by Crippen LogP contribution is 2.30. The molecule has 130 valence electrons. The first-order valence-corrected chi connectivity index (χ1v) is 7.64. The van der Waals surface area contributed by atoms with Gasteiger partial charge in [0.15, 0.2) is 18.1 Å². The first kappa shape index (κ1) is 16.6. The van der Waals surface area contributed by atoms with E-state index >= 15 is 0 Å². The Morgan fingerprint density at radius 2 is 1.92 bits per heavy atom. The van der Waals surface area contributed by atoms with Crippen molar-refractivity contribution < 1.29 is 23.9 Å². The van der Waals surface area contributed by atoms with E-state index in [1.165, 1.54) is 24.3 Å². The number of fused-ring (bicyclic) bond motifs is 1. The fraction of sp³-hybridized carbons (Fsp3) is 0.235. The number of nitrogens with zero attached hydrogens (tertiary/aromatic N) is 1. The van der Waals surface area contributed by atoms with Crippen molar-refractivity contribution in [3.05, 3.63) is 58.6 Å². The normalized spacial score (nSPS) is 15.3. The van der Waals surface area contributed by atoms with Crippen LogP contribution in [0.4, 0.5) is 5.69 Å². The lowest BCUT2D eigenvalue weighted by Crippen LogP contribution is -2.42. The monoisotopic (exact) mass is 344 g/mol. The molecule has 0 aliphatic carbocycles. The Labute approximate surface area is 143 Å². The largest absolute Gasteiger partial charge is 0.486 e. The minimum Gasteiger partial charge on any atom is -0.486 e. The average molecular weight is 344 g/mol. The number of non-ortho nitro benzene ring substituents is 1. The van der Waals surface area contributed by atoms with E-state index in [0.29, 0.717) is 23.9 Å². The summed E-state index contributed by atoms with van der Waals surface area (Å²) < 4.78 is 16.6. The smallest absolute Gasteiger partial charge is 0.269 e. The van der Waals surface area contributed by atoms with Gasteiger partial charge in [-0.3, -0.25) is 14.9 Å². The van der Waals surface area contributed by atoms with Crippen LogP contribution in [0.3, 0.4) is 0 Å². The maximum absolute atomic E-state index is 11.8. The number of nitro benzene ring substituents is 1. The summed E-state index contributed by atoms with van der Waals surface area (Å²) in [7, 11) is 0. The van der Waals surface area contributed by atoms with Gasteiger partial charge in [0.05, 0.1) is 11.5 Å². The zero-order valence-electron chi connectivity index (χ0n) is 13.2. The molecule has 0 fully saturated rings. The van der Waals surface area contributed by atoms with Crippen LogP contribution in [0.2, 0.25) is 0 Å². The topological polar surface area (TPSA) is 99.9 Å². The summed E-state index contributed by atoms with van der Waals surface area (Å²) in [6.07, 6.45) is -0.279. The van der Waals surface area contributed by atoms with E-state index in [4.69, 9.17) is 14.2 Å². The van der Waals surface area contributed by atoms with Gasteiger partial charge in [-0.1, -0.05) is 12.1 Å². The lowest BCUT2D eigenvalue weighted by molar-refractivity contribution is -0.384. The number of para-hydroxylation sites is 2. The van der Waals surface area contributed by atoms with Crippen LogP contribution in [0.15, 0.2) is 48.5 Å². The van der Waals surface area contributed by atoms with Crippen LogP contribution in [0.25, 0.3) is 0 Å². The molecule has 1 aliphatic rings. The standard InChI is InChI=1S/C17H16N2O6/c20-17(11-23-13-7-5-12(6-8-13)19(21)22)18-9-14-10-24-15-3-1-2-4-16(15)25-14/h1-8,14H,9-11H2,(H,18,20)/t14-/m1/s1. The molecular weight excluding hydrogens is 328 g/mol. The molecule has 0 radical (unpaired) electrons. The van der Waals surface area contributed by atoms with Gasteiger partial charge in [-0.05, 0) is 24.3 Å². The number of carbonyl (C=O) groups excluding carboxylic acids is 1. The highest BCUT2D eigenvalue weighted by Gasteiger charge is 2.21. The predicted molar refractivity (Wildman–Crippen MR) is 88.0 cm³/mol. The highest BCUT2D eigenvalue weighted by atomic mass is 16.6. The Morgan fingerprint density at radius 3 is 2.64 bits per heavy atom. The summed E-state index contributed by atoms with van der Waals surface area (Å²) in [6, 6.07) is 12.9. The Kier molecular flexibility index (Phi) is 4.98. The van der Waals surface area contributed by atoms with Gasteiger partial charge in [0.25, 0.3) is 11.6 Å². The molecule has 0 aromatic heterocycles. The summed E-state index contributed by atoms with van der Waals surface area (Å²) in [5.41, 5.74) is -0.0356. The number of nitro groups is 1. The third-order valence-electron chi connectivity index (χ3n) is 3.51. The van der Waals surface area contributed by atoms with E-state index in [1.54, 1.807) is 6.07 Å². The number of hydrogen-bond donors (Lipinski definition) is 1. The molecule has 2 aromatic carbocycles. The maximum Gasteiger partial charge on any atom is 0.269 e. The van der Waals surface area contributed by atoms with Crippen molar-refractivity contribution in [1.82, 2.24) is 5.32 Å².